The number of nitrogens with one attached hydrogen (secondary N) is 1. The van der Waals surface area contributed by atoms with Gasteiger partial charge in [-0.25, -0.2) is 4.68 Å². The Morgan fingerprint density at radius 3 is 2.52 bits per heavy atom. The standard InChI is InChI=1S/C23H23N3O2S/c1-5-18(22(27)24-16-11-13(2)10-14(3)12-16)26-23(28)20-17-8-6-7-9-19(17)29-21(20)15(4)25-26/h6-12,18H,5H2,1-4H3,(H,24,27)/t18-/m1/s1. The molecule has 5 nitrogen and oxygen atoms in total. The molecule has 0 aliphatic carbocycles. The van der Waals surface area contributed by atoms with E-state index in [0.717, 1.165) is 37.3 Å². The summed E-state index contributed by atoms with van der Waals surface area (Å²) in [4.78, 5) is 26.4. The Hall–Kier alpha value is -2.99. The summed E-state index contributed by atoms with van der Waals surface area (Å²) >= 11 is 1.57. The van der Waals surface area contributed by atoms with Gasteiger partial charge in [0.15, 0.2) is 0 Å². The summed E-state index contributed by atoms with van der Waals surface area (Å²) in [6.07, 6.45) is 0.469. The quantitative estimate of drug-likeness (QED) is 0.512. The summed E-state index contributed by atoms with van der Waals surface area (Å²) in [5.41, 5.74) is 3.43. The first-order valence-corrected chi connectivity index (χ1v) is 10.5. The molecule has 1 N–H and O–H groups in total. The van der Waals surface area contributed by atoms with Gasteiger partial charge in [-0.05, 0) is 56.5 Å². The summed E-state index contributed by atoms with van der Waals surface area (Å²) in [6, 6.07) is 13.1. The molecule has 29 heavy (non-hydrogen) atoms. The van der Waals surface area contributed by atoms with E-state index in [-0.39, 0.29) is 11.5 Å². The fourth-order valence-electron chi connectivity index (χ4n) is 3.83. The second kappa shape index (κ2) is 7.44. The molecule has 0 saturated heterocycles. The van der Waals surface area contributed by atoms with Crippen molar-refractivity contribution < 1.29 is 4.79 Å². The Morgan fingerprint density at radius 1 is 1.14 bits per heavy atom. The molecule has 0 saturated carbocycles. The lowest BCUT2D eigenvalue weighted by Crippen LogP contribution is -2.35. The molecule has 0 aliphatic rings. The monoisotopic (exact) mass is 405 g/mol. The van der Waals surface area contributed by atoms with Gasteiger partial charge < -0.3 is 5.32 Å². The first-order chi connectivity index (χ1) is 13.9. The first-order valence-electron chi connectivity index (χ1n) is 9.69. The highest BCUT2D eigenvalue weighted by atomic mass is 32.1. The fraction of sp³-hybridized carbons (Fsp3) is 0.261. The number of hydrogen-bond donors (Lipinski definition) is 1. The van der Waals surface area contributed by atoms with Crippen LogP contribution < -0.4 is 10.9 Å². The summed E-state index contributed by atoms with van der Waals surface area (Å²) < 4.78 is 3.29. The zero-order valence-corrected chi connectivity index (χ0v) is 17.8. The number of aromatic nitrogens is 2. The van der Waals surface area contributed by atoms with Gasteiger partial charge in [-0.15, -0.1) is 11.3 Å². The van der Waals surface area contributed by atoms with E-state index in [9.17, 15) is 9.59 Å². The van der Waals surface area contributed by atoms with E-state index in [1.165, 1.54) is 4.68 Å². The van der Waals surface area contributed by atoms with E-state index >= 15 is 0 Å². The zero-order valence-electron chi connectivity index (χ0n) is 16.9. The van der Waals surface area contributed by atoms with Crippen LogP contribution in [0.4, 0.5) is 5.69 Å². The van der Waals surface area contributed by atoms with Crippen molar-refractivity contribution in [3.05, 3.63) is 69.6 Å². The predicted molar refractivity (Wildman–Crippen MR) is 120 cm³/mol. The number of fused-ring (bicyclic) bond motifs is 3. The minimum Gasteiger partial charge on any atom is -0.324 e. The van der Waals surface area contributed by atoms with Crippen molar-refractivity contribution in [3.8, 4) is 0 Å². The second-order valence-electron chi connectivity index (χ2n) is 7.43. The molecule has 0 unspecified atom stereocenters. The molecule has 2 aromatic heterocycles. The van der Waals surface area contributed by atoms with Crippen molar-refractivity contribution in [2.24, 2.45) is 0 Å². The SMILES string of the molecule is CC[C@H](C(=O)Nc1cc(C)cc(C)c1)n1nc(C)c2sc3ccccc3c2c1=O. The van der Waals surface area contributed by atoms with Crippen LogP contribution in [0.25, 0.3) is 20.2 Å². The maximum absolute atomic E-state index is 13.3. The Balaban J connectivity index is 1.81. The topological polar surface area (TPSA) is 64.0 Å². The average molecular weight is 406 g/mol. The first kappa shape index (κ1) is 19.3. The number of benzene rings is 2. The largest absolute Gasteiger partial charge is 0.324 e. The normalized spacial score (nSPS) is 12.4. The zero-order chi connectivity index (χ0) is 20.7. The maximum atomic E-state index is 13.3. The van der Waals surface area contributed by atoms with Crippen molar-refractivity contribution >= 4 is 43.1 Å². The van der Waals surface area contributed by atoms with Crippen LogP contribution in [0.1, 0.15) is 36.2 Å². The van der Waals surface area contributed by atoms with Gasteiger partial charge in [0.05, 0.1) is 15.8 Å². The number of carbonyl (C=O) groups is 1. The molecule has 0 bridgehead atoms. The van der Waals surface area contributed by atoms with Crippen molar-refractivity contribution in [2.45, 2.75) is 40.2 Å². The number of carbonyl (C=O) groups excluding carboxylic acids is 1. The van der Waals surface area contributed by atoms with Gasteiger partial charge in [-0.3, -0.25) is 9.59 Å². The minimum atomic E-state index is -0.676. The van der Waals surface area contributed by atoms with Crippen LogP contribution in [0.3, 0.4) is 0 Å². The molecule has 0 fully saturated rings. The molecule has 4 rings (SSSR count). The third kappa shape index (κ3) is 3.44. The van der Waals surface area contributed by atoms with Gasteiger partial charge in [0, 0.05) is 15.8 Å². The summed E-state index contributed by atoms with van der Waals surface area (Å²) in [7, 11) is 0. The summed E-state index contributed by atoms with van der Waals surface area (Å²) in [5, 5.41) is 9.05. The molecular formula is C23H23N3O2S. The van der Waals surface area contributed by atoms with Crippen molar-refractivity contribution in [1.82, 2.24) is 9.78 Å². The Bertz CT molecular complexity index is 1280. The Kier molecular flexibility index (Phi) is 4.96. The highest BCUT2D eigenvalue weighted by molar-refractivity contribution is 7.26. The number of anilines is 1. The number of thiophene rings is 1. The van der Waals surface area contributed by atoms with E-state index in [1.54, 1.807) is 11.3 Å². The van der Waals surface area contributed by atoms with Crippen molar-refractivity contribution in [2.75, 3.05) is 5.32 Å². The van der Waals surface area contributed by atoms with Crippen LogP contribution in [0.15, 0.2) is 47.3 Å². The summed E-state index contributed by atoms with van der Waals surface area (Å²) in [5.74, 6) is -0.231. The molecule has 2 heterocycles. The minimum absolute atomic E-state index is 0.217. The Morgan fingerprint density at radius 2 is 1.83 bits per heavy atom. The molecule has 6 heteroatoms. The molecule has 1 atom stereocenters. The number of hydrogen-bond acceptors (Lipinski definition) is 4. The van der Waals surface area contributed by atoms with Crippen LogP contribution in [0.5, 0.6) is 0 Å². The van der Waals surface area contributed by atoms with Crippen LogP contribution in [0, 0.1) is 20.8 Å². The third-order valence-electron chi connectivity index (χ3n) is 5.08. The number of amides is 1. The highest BCUT2D eigenvalue weighted by Crippen LogP contribution is 2.33. The van der Waals surface area contributed by atoms with Crippen LogP contribution in [-0.4, -0.2) is 15.7 Å². The van der Waals surface area contributed by atoms with E-state index in [2.05, 4.69) is 16.5 Å². The lowest BCUT2D eigenvalue weighted by atomic mass is 10.1. The van der Waals surface area contributed by atoms with Crippen molar-refractivity contribution in [1.29, 1.82) is 0 Å². The molecule has 0 radical (unpaired) electrons. The lowest BCUT2D eigenvalue weighted by molar-refractivity contribution is -0.119. The number of aryl methyl sites for hydroxylation is 3. The third-order valence-corrected chi connectivity index (χ3v) is 6.36. The highest BCUT2D eigenvalue weighted by Gasteiger charge is 2.24. The smallest absolute Gasteiger partial charge is 0.276 e. The lowest BCUT2D eigenvalue weighted by Gasteiger charge is -2.18. The van der Waals surface area contributed by atoms with Crippen LogP contribution in [-0.2, 0) is 4.79 Å². The molecule has 2 aromatic carbocycles. The average Bonchev–Trinajstić information content (AvgIpc) is 3.06. The predicted octanol–water partition coefficient (Wildman–Crippen LogP) is 5.13. The molecule has 1 amide bonds. The van der Waals surface area contributed by atoms with Crippen LogP contribution in [0.2, 0.25) is 0 Å². The van der Waals surface area contributed by atoms with E-state index in [0.29, 0.717) is 11.8 Å². The van der Waals surface area contributed by atoms with Gasteiger partial charge in [-0.2, -0.15) is 5.10 Å². The fourth-order valence-corrected chi connectivity index (χ4v) is 4.97. The summed E-state index contributed by atoms with van der Waals surface area (Å²) in [6.45, 7) is 7.77. The number of rotatable bonds is 4. The molecule has 148 valence electrons. The van der Waals surface area contributed by atoms with Crippen molar-refractivity contribution in [3.63, 3.8) is 0 Å². The van der Waals surface area contributed by atoms with Gasteiger partial charge >= 0.3 is 0 Å². The second-order valence-corrected chi connectivity index (χ2v) is 8.48. The molecule has 4 aromatic rings. The van der Waals surface area contributed by atoms with E-state index < -0.39 is 6.04 Å². The van der Waals surface area contributed by atoms with Gasteiger partial charge in [-0.1, -0.05) is 31.2 Å². The van der Waals surface area contributed by atoms with Gasteiger partial charge in [0.2, 0.25) is 5.91 Å². The Labute approximate surface area is 173 Å². The molecule has 0 spiro atoms. The maximum Gasteiger partial charge on any atom is 0.276 e. The number of nitrogens with zero attached hydrogens (tertiary/aromatic N) is 2. The van der Waals surface area contributed by atoms with E-state index in [4.69, 9.17) is 0 Å². The van der Waals surface area contributed by atoms with Gasteiger partial charge in [0.25, 0.3) is 5.56 Å². The van der Waals surface area contributed by atoms with Gasteiger partial charge in [0.1, 0.15) is 6.04 Å². The molecular weight excluding hydrogens is 382 g/mol. The van der Waals surface area contributed by atoms with Crippen LogP contribution >= 0.6 is 11.3 Å². The molecule has 0 aliphatic heterocycles. The van der Waals surface area contributed by atoms with E-state index in [1.807, 2.05) is 64.1 Å².